The van der Waals surface area contributed by atoms with Crippen LogP contribution in [0.4, 0.5) is 33.6 Å². The van der Waals surface area contributed by atoms with Crippen molar-refractivity contribution in [3.8, 4) is 5.75 Å². The van der Waals surface area contributed by atoms with E-state index in [1.54, 1.807) is 49.8 Å². The van der Waals surface area contributed by atoms with Crippen molar-refractivity contribution in [2.45, 2.75) is 248 Å². The van der Waals surface area contributed by atoms with E-state index in [0.717, 1.165) is 83.0 Å². The summed E-state index contributed by atoms with van der Waals surface area (Å²) >= 11 is 0. The fourth-order valence-corrected chi connectivity index (χ4v) is 16.6. The van der Waals surface area contributed by atoms with Crippen molar-refractivity contribution in [2.75, 3.05) is 46.2 Å². The van der Waals surface area contributed by atoms with Crippen molar-refractivity contribution < 1.29 is 211 Å². The number of carboxylic acids is 1. The Balaban J connectivity index is 0.000000144. The van der Waals surface area contributed by atoms with Crippen molar-refractivity contribution in [2.24, 2.45) is 17.8 Å². The van der Waals surface area contributed by atoms with Crippen molar-refractivity contribution in [1.82, 2.24) is 45.4 Å². The smallest absolute Gasteiger partial charge is 0.508 e. The third-order valence-corrected chi connectivity index (χ3v) is 23.7. The van der Waals surface area contributed by atoms with Gasteiger partial charge >= 0.3 is 49.1 Å². The lowest BCUT2D eigenvalue weighted by molar-refractivity contribution is -0.182. The number of aromatic hydroxyl groups is 1. The number of carbonyl (C=O) groups excluding carboxylic acids is 21. The topological polar surface area (TPSA) is 649 Å². The second kappa shape index (κ2) is 49.6. The van der Waals surface area contributed by atoms with Crippen LogP contribution in [0.25, 0.3) is 0 Å². The zero-order chi connectivity index (χ0) is 100. The predicted octanol–water partition coefficient (Wildman–Crippen LogP) is 5.80. The molecule has 2 aromatic heterocycles. The minimum atomic E-state index is -1.09. The first-order valence-electron chi connectivity index (χ1n) is 44.8. The van der Waals surface area contributed by atoms with Crippen LogP contribution in [0.5, 0.6) is 5.75 Å². The summed E-state index contributed by atoms with van der Waals surface area (Å²) in [7, 11) is 0. The van der Waals surface area contributed by atoms with E-state index in [9.17, 15) is 105 Å². The van der Waals surface area contributed by atoms with Crippen LogP contribution in [0.1, 0.15) is 200 Å². The van der Waals surface area contributed by atoms with Crippen LogP contribution in [0.15, 0.2) is 67.3 Å². The average molecular weight is 1970 g/mol. The van der Waals surface area contributed by atoms with Gasteiger partial charge in [-0.25, -0.2) is 38.4 Å². The van der Waals surface area contributed by atoms with Gasteiger partial charge in [-0.1, -0.05) is 47.6 Å². The molecule has 3 saturated carbocycles. The Morgan fingerprint density at radius 2 is 0.786 bits per heavy atom. The van der Waals surface area contributed by atoms with Crippen LogP contribution in [-0.4, -0.2) is 288 Å². The Morgan fingerprint density at radius 1 is 0.386 bits per heavy atom. The number of hydrogen-bond donors (Lipinski definition) is 2. The highest BCUT2D eigenvalue weighted by Crippen LogP contribution is 2.44. The van der Waals surface area contributed by atoms with Crippen LogP contribution in [-0.2, 0) is 176 Å². The Kier molecular flexibility index (Phi) is 37.0. The Bertz CT molecular complexity index is 4820. The summed E-state index contributed by atoms with van der Waals surface area (Å²) in [6.45, 7) is 5.36. The van der Waals surface area contributed by atoms with Crippen LogP contribution in [0, 0.1) is 24.7 Å². The van der Waals surface area contributed by atoms with Gasteiger partial charge in [-0.05, 0) is 119 Å². The second-order valence-electron chi connectivity index (χ2n) is 33.1. The minimum absolute atomic E-state index is 0.0162. The Morgan fingerprint density at radius 3 is 1.17 bits per heavy atom. The molecule has 1 aromatic carbocycles. The number of phenols is 1. The molecule has 13 aliphatic heterocycles. The van der Waals surface area contributed by atoms with Crippen molar-refractivity contribution >= 4 is 132 Å². The summed E-state index contributed by atoms with van der Waals surface area (Å²) in [6, 6.07) is 11.2. The number of benzene rings is 1. The number of phenolic OH excluding ortho intramolecular Hbond substituents is 1. The number of imide groups is 7. The van der Waals surface area contributed by atoms with E-state index in [4.69, 9.17) is 76.6 Å². The van der Waals surface area contributed by atoms with Gasteiger partial charge in [0.05, 0.1) is 50.1 Å². The van der Waals surface area contributed by atoms with Gasteiger partial charge in [-0.3, -0.25) is 111 Å². The van der Waals surface area contributed by atoms with Gasteiger partial charge in [0.1, 0.15) is 55.1 Å². The maximum absolute atomic E-state index is 11.7. The largest absolute Gasteiger partial charge is 0.534 e. The Hall–Kier alpha value is -14.6. The predicted molar refractivity (Wildman–Crippen MR) is 440 cm³/mol. The van der Waals surface area contributed by atoms with Gasteiger partial charge in [-0.15, -0.1) is 0 Å². The normalized spacial score (nSPS) is 25.9. The minimum Gasteiger partial charge on any atom is -0.508 e. The van der Waals surface area contributed by atoms with Gasteiger partial charge < -0.3 is 71.8 Å². The number of hydrogen-bond acceptors (Lipinski definition) is 45. The van der Waals surface area contributed by atoms with Gasteiger partial charge in [0.2, 0.25) is 0 Å². The molecule has 140 heavy (non-hydrogen) atoms. The van der Waals surface area contributed by atoms with Gasteiger partial charge in [0.25, 0.3) is 82.7 Å². The highest BCUT2D eigenvalue weighted by atomic mass is 16.9. The number of rotatable bonds is 17. The van der Waals surface area contributed by atoms with Gasteiger partial charge in [0.15, 0.2) is 6.29 Å². The third-order valence-electron chi connectivity index (χ3n) is 23.7. The fraction of sp³-hybridized carbons (Fsp3) is 0.563. The van der Waals surface area contributed by atoms with E-state index in [1.807, 2.05) is 0 Å². The van der Waals surface area contributed by atoms with Gasteiger partial charge in [0, 0.05) is 165 Å². The van der Waals surface area contributed by atoms with Crippen LogP contribution < -0.4 is 0 Å². The standard InChI is InChI=1S/C13H17NO6.2C12H15NO6.2C11H10N2O5.C11H13NO7.C9H11NO6.C8H8O3/c15-10-4-5-11(16)14(10)20-12(17)19-9-3-1-6-13(9)7-2-8-18-13;2*14-10-1-2-11(15)13(10)19-12(16)18-8-5-7-3-4-17-9(7)6-8;14-9-1-2-10(15)13(9)18-11(16)17-7-8-3-5-12-6-4-8;14-9-3-4-10(15)13(9)18-11(16)17-7-8-2-1-5-12-6-8;13-8-1-2-9(14)12(8)19-11(15)18-7-5-17-10-6(7)3-4-16-10;11-7-1-2-8(12)10(7)16-9(13)15-6-3-4-14-5-6;1-5-6(8(10)11)3-2-4-7(5)9/h9H,1-8H2;2*7-9H,1-6H2;3-6H,1-2,7H2;1-2,5-6H,3-4,7H2;6-7,10H,1-5H2;6H,1-5H2;2-4,9H,1H3,(H,10,11)/t;7?,8-,9-;7-,8+,9+;;;6-,7-,10+;6-;/m.11..10./s1. The summed E-state index contributed by atoms with van der Waals surface area (Å²) in [5.41, 5.74) is 1.55. The zero-order valence-corrected chi connectivity index (χ0v) is 75.2. The molecule has 53 heteroatoms. The quantitative estimate of drug-likeness (QED) is 0.0915. The molecule has 0 radical (unpaired) electrons. The van der Waals surface area contributed by atoms with E-state index < -0.39 is 143 Å². The number of fused-ring (bicyclic) bond motifs is 3. The molecule has 15 heterocycles. The molecular weight excluding hydrogens is 1870 g/mol. The Labute approximate surface area is 792 Å². The lowest BCUT2D eigenvalue weighted by Gasteiger charge is -2.29. The van der Waals surface area contributed by atoms with E-state index >= 15 is 0 Å². The van der Waals surface area contributed by atoms with E-state index in [1.165, 1.54) is 24.4 Å². The summed E-state index contributed by atoms with van der Waals surface area (Å²) in [4.78, 5) is 288. The van der Waals surface area contributed by atoms with E-state index in [2.05, 4.69) is 39.0 Å². The third kappa shape index (κ3) is 29.0. The number of hydroxylamine groups is 14. The monoisotopic (exact) mass is 1970 g/mol. The van der Waals surface area contributed by atoms with Crippen molar-refractivity contribution in [1.29, 1.82) is 0 Å². The summed E-state index contributed by atoms with van der Waals surface area (Å²) in [5.74, 6) is -7.47. The molecule has 0 bridgehead atoms. The number of carboxylic acid groups (broad SMARTS) is 1. The summed E-state index contributed by atoms with van der Waals surface area (Å²) in [5, 5.41) is 20.9. The molecule has 53 nitrogen and oxygen atoms in total. The number of nitrogens with zero attached hydrogens (tertiary/aromatic N) is 9. The lowest BCUT2D eigenvalue weighted by atomic mass is 9.96. The molecule has 3 aliphatic carbocycles. The number of aromatic nitrogens is 2. The summed E-state index contributed by atoms with van der Waals surface area (Å²) in [6.07, 6.45) is 8.59. The average Bonchev–Trinajstić information content (AvgIpc) is 1.64. The highest BCUT2D eigenvalue weighted by Gasteiger charge is 2.51. The second-order valence-corrected chi connectivity index (χ2v) is 33.1. The number of pyridine rings is 2. The molecule has 16 aliphatic rings. The molecule has 13 saturated heterocycles. The van der Waals surface area contributed by atoms with Gasteiger partial charge in [-0.2, -0.15) is 0 Å². The SMILES string of the molecule is Cc1c(O)cccc1C(=O)O.O=C(OC1CCCC12CCCO2)ON1C(=O)CCC1=O.O=C(OCc1cccnc1)ON1C(=O)CCC1=O.O=C(OCc1ccncc1)ON1C(=O)CCC1=O.O=C(O[C@@H]1CC2CCO[C@@H]2C1)ON1C(=O)CCC1=O.O=C(O[C@@H]1CO[C@@H]2OCC[C@@H]21)ON1C(=O)CCC1=O.O=C(O[C@H]1CCOC1)ON1C(=O)CCC1=O.O=C(O[C@H]1C[C@H]2CCO[C@H]2C1)ON1C(=O)CCC1=O. The van der Waals surface area contributed by atoms with E-state index in [-0.39, 0.29) is 170 Å². The molecule has 756 valence electrons. The molecule has 12 atom stereocenters. The maximum atomic E-state index is 11.7. The number of amides is 14. The van der Waals surface area contributed by atoms with Crippen LogP contribution >= 0.6 is 0 Å². The number of carbonyl (C=O) groups is 22. The maximum Gasteiger partial charge on any atom is 0.534 e. The fourth-order valence-electron chi connectivity index (χ4n) is 16.6. The molecule has 19 rings (SSSR count). The molecule has 3 unspecified atom stereocenters. The molecule has 14 amide bonds. The molecule has 1 spiro atoms. The summed E-state index contributed by atoms with van der Waals surface area (Å²) < 4.78 is 67.2. The molecule has 3 aromatic rings. The van der Waals surface area contributed by atoms with E-state index in [0.29, 0.717) is 104 Å². The highest BCUT2D eigenvalue weighted by molar-refractivity contribution is 6.05. The number of ether oxygens (including phenoxy) is 13. The number of aromatic carboxylic acids is 1. The first-order chi connectivity index (χ1) is 67.1. The van der Waals surface area contributed by atoms with Crippen LogP contribution in [0.2, 0.25) is 0 Å². The lowest BCUT2D eigenvalue weighted by Crippen LogP contribution is -2.41. The molecular formula is C87H99N9O44. The first kappa shape index (κ1) is 104. The van der Waals surface area contributed by atoms with Crippen molar-refractivity contribution in [3.63, 3.8) is 0 Å². The molecule has 16 fully saturated rings. The molecule has 2 N–H and O–H groups in total. The van der Waals surface area contributed by atoms with Crippen molar-refractivity contribution in [3.05, 3.63) is 89.5 Å². The zero-order valence-electron chi connectivity index (χ0n) is 75.2. The van der Waals surface area contributed by atoms with Crippen LogP contribution in [0.3, 0.4) is 0 Å². The first-order valence-corrected chi connectivity index (χ1v) is 44.8.